The Morgan fingerprint density at radius 1 is 1.10 bits per heavy atom. The van der Waals surface area contributed by atoms with E-state index in [9.17, 15) is 4.79 Å². The summed E-state index contributed by atoms with van der Waals surface area (Å²) >= 11 is 0. The summed E-state index contributed by atoms with van der Waals surface area (Å²) in [4.78, 5) is 13.7. The third-order valence-corrected chi connectivity index (χ3v) is 3.67. The molecule has 0 saturated heterocycles. The van der Waals surface area contributed by atoms with Crippen molar-refractivity contribution in [2.24, 2.45) is 0 Å². The first kappa shape index (κ1) is 18.9. The highest BCUT2D eigenvalue weighted by Gasteiger charge is 2.13. The fourth-order valence-electron chi connectivity index (χ4n) is 2.58. The summed E-state index contributed by atoms with van der Waals surface area (Å²) in [5, 5.41) is 3.04. The lowest BCUT2D eigenvalue weighted by Crippen LogP contribution is -3.12. The van der Waals surface area contributed by atoms with E-state index in [1.54, 1.807) is 0 Å². The molecule has 4 heteroatoms. The molecule has 0 unspecified atom stereocenters. The second-order valence-corrected chi connectivity index (χ2v) is 5.24. The van der Waals surface area contributed by atoms with Gasteiger partial charge in [0.25, 0.3) is 5.91 Å². The summed E-state index contributed by atoms with van der Waals surface area (Å²) < 4.78 is 0. The molecule has 1 rings (SSSR count). The Bertz CT molecular complexity index is 419. The highest BCUT2D eigenvalue weighted by Crippen LogP contribution is 2.15. The molecule has 0 aliphatic carbocycles. The summed E-state index contributed by atoms with van der Waals surface area (Å²) in [6, 6.07) is 4.13. The Morgan fingerprint density at radius 3 is 2.05 bits per heavy atom. The number of aryl methyl sites for hydroxylation is 3. The van der Waals surface area contributed by atoms with Gasteiger partial charge in [0.05, 0.1) is 26.2 Å². The maximum Gasteiger partial charge on any atom is 0.252 e. The monoisotopic (exact) mass is 298 g/mol. The van der Waals surface area contributed by atoms with Gasteiger partial charge in [0.15, 0.2) is 0 Å². The predicted molar refractivity (Wildman–Crippen MR) is 79.9 cm³/mol. The van der Waals surface area contributed by atoms with Gasteiger partial charge in [0.1, 0.15) is 0 Å². The van der Waals surface area contributed by atoms with Gasteiger partial charge in [-0.1, -0.05) is 17.7 Å². The summed E-state index contributed by atoms with van der Waals surface area (Å²) in [6.45, 7) is 14.4. The number of amides is 1. The Balaban J connectivity index is 0.00000361. The maximum absolute atomic E-state index is 12.2. The lowest BCUT2D eigenvalue weighted by atomic mass is 9.99. The zero-order valence-electron chi connectivity index (χ0n) is 13.3. The number of hydrogen-bond donors (Lipinski definition) is 2. The SMILES string of the molecule is CC[NH+](CC)CCNC(=O)c1c(C)cc(C)cc1C.[Cl-]. The quantitative estimate of drug-likeness (QED) is 0.643. The van der Waals surface area contributed by atoms with Crippen molar-refractivity contribution < 1.29 is 22.1 Å². The van der Waals surface area contributed by atoms with Crippen LogP contribution >= 0.6 is 0 Å². The van der Waals surface area contributed by atoms with Crippen LogP contribution in [-0.2, 0) is 0 Å². The highest BCUT2D eigenvalue weighted by molar-refractivity contribution is 5.97. The maximum atomic E-state index is 12.2. The highest BCUT2D eigenvalue weighted by atomic mass is 35.5. The molecule has 0 fully saturated rings. The minimum absolute atomic E-state index is 0. The second-order valence-electron chi connectivity index (χ2n) is 5.24. The fraction of sp³-hybridized carbons (Fsp3) is 0.562. The molecule has 0 atom stereocenters. The summed E-state index contributed by atoms with van der Waals surface area (Å²) in [7, 11) is 0. The average molecular weight is 299 g/mol. The van der Waals surface area contributed by atoms with Crippen LogP contribution in [0.1, 0.15) is 40.9 Å². The van der Waals surface area contributed by atoms with Gasteiger partial charge in [-0.15, -0.1) is 0 Å². The van der Waals surface area contributed by atoms with Gasteiger partial charge in [-0.25, -0.2) is 0 Å². The molecule has 0 aromatic heterocycles. The first-order valence-corrected chi connectivity index (χ1v) is 7.19. The summed E-state index contributed by atoms with van der Waals surface area (Å²) in [5.74, 6) is 0.0570. The van der Waals surface area contributed by atoms with Crippen LogP contribution in [-0.4, -0.2) is 32.1 Å². The van der Waals surface area contributed by atoms with Gasteiger partial charge in [-0.05, 0) is 45.7 Å². The summed E-state index contributed by atoms with van der Waals surface area (Å²) in [6.07, 6.45) is 0. The van der Waals surface area contributed by atoms with Crippen LogP contribution in [0.2, 0.25) is 0 Å². The van der Waals surface area contributed by atoms with Crippen LogP contribution in [0, 0.1) is 20.8 Å². The first-order chi connectivity index (χ1) is 8.99. The van der Waals surface area contributed by atoms with E-state index in [1.807, 2.05) is 13.8 Å². The predicted octanol–water partition coefficient (Wildman–Crippen LogP) is -1.73. The molecule has 1 amide bonds. The Hall–Kier alpha value is -1.06. The topological polar surface area (TPSA) is 33.5 Å². The van der Waals surface area contributed by atoms with Crippen LogP contribution in [0.15, 0.2) is 12.1 Å². The van der Waals surface area contributed by atoms with E-state index in [1.165, 1.54) is 10.5 Å². The number of hydrogen-bond acceptors (Lipinski definition) is 1. The lowest BCUT2D eigenvalue weighted by molar-refractivity contribution is -0.895. The van der Waals surface area contributed by atoms with E-state index < -0.39 is 0 Å². The third-order valence-electron chi connectivity index (χ3n) is 3.67. The minimum atomic E-state index is 0. The molecule has 20 heavy (non-hydrogen) atoms. The lowest BCUT2D eigenvalue weighted by Gasteiger charge is -2.16. The number of benzene rings is 1. The third kappa shape index (κ3) is 5.14. The van der Waals surface area contributed by atoms with Crippen molar-refractivity contribution in [3.8, 4) is 0 Å². The van der Waals surface area contributed by atoms with Crippen LogP contribution in [0.4, 0.5) is 0 Å². The minimum Gasteiger partial charge on any atom is -1.00 e. The Kier molecular flexibility index (Phi) is 8.51. The molecule has 3 nitrogen and oxygen atoms in total. The number of carbonyl (C=O) groups is 1. The van der Waals surface area contributed by atoms with Gasteiger partial charge in [-0.3, -0.25) is 4.79 Å². The number of carbonyl (C=O) groups excluding carboxylic acids is 1. The average Bonchev–Trinajstić information content (AvgIpc) is 2.33. The van der Waals surface area contributed by atoms with Crippen LogP contribution in [0.25, 0.3) is 0 Å². The van der Waals surface area contributed by atoms with Crippen molar-refractivity contribution in [2.75, 3.05) is 26.2 Å². The smallest absolute Gasteiger partial charge is 0.252 e. The molecule has 2 N–H and O–H groups in total. The van der Waals surface area contributed by atoms with Gasteiger partial charge in [-0.2, -0.15) is 0 Å². The van der Waals surface area contributed by atoms with E-state index in [4.69, 9.17) is 0 Å². The second kappa shape index (κ2) is 8.98. The van der Waals surface area contributed by atoms with Crippen molar-refractivity contribution in [1.82, 2.24) is 5.32 Å². The largest absolute Gasteiger partial charge is 1.00 e. The van der Waals surface area contributed by atoms with Crippen molar-refractivity contribution >= 4 is 5.91 Å². The molecule has 0 radical (unpaired) electrons. The molecule has 0 heterocycles. The fourth-order valence-corrected chi connectivity index (χ4v) is 2.58. The molecule has 0 aliphatic rings. The molecule has 0 aliphatic heterocycles. The zero-order chi connectivity index (χ0) is 14.4. The molecular formula is C16H27ClN2O. The van der Waals surface area contributed by atoms with E-state index in [0.717, 1.165) is 42.9 Å². The number of rotatable bonds is 6. The summed E-state index contributed by atoms with van der Waals surface area (Å²) in [5.41, 5.74) is 4.16. The van der Waals surface area contributed by atoms with Gasteiger partial charge in [0, 0.05) is 5.56 Å². The van der Waals surface area contributed by atoms with Gasteiger partial charge < -0.3 is 22.6 Å². The first-order valence-electron chi connectivity index (χ1n) is 7.19. The van der Waals surface area contributed by atoms with Crippen LogP contribution in [0.3, 0.4) is 0 Å². The molecule has 0 saturated carbocycles. The van der Waals surface area contributed by atoms with Gasteiger partial charge in [0.2, 0.25) is 0 Å². The van der Waals surface area contributed by atoms with Gasteiger partial charge >= 0.3 is 0 Å². The standard InChI is InChI=1S/C16H26N2O.ClH/c1-6-18(7-2)9-8-17-16(19)15-13(4)10-12(3)11-14(15)5;/h10-11H,6-9H2,1-5H3,(H,17,19);1H. The molecule has 1 aromatic carbocycles. The van der Waals surface area contributed by atoms with Crippen molar-refractivity contribution in [3.05, 3.63) is 34.4 Å². The number of quaternary nitrogens is 1. The van der Waals surface area contributed by atoms with E-state index in [-0.39, 0.29) is 18.3 Å². The van der Waals surface area contributed by atoms with Crippen molar-refractivity contribution in [1.29, 1.82) is 0 Å². The number of halogens is 1. The molecule has 1 aromatic rings. The zero-order valence-corrected chi connectivity index (χ0v) is 14.0. The normalized spacial score (nSPS) is 10.3. The molecule has 0 bridgehead atoms. The van der Waals surface area contributed by atoms with Crippen molar-refractivity contribution in [3.63, 3.8) is 0 Å². The molecule has 114 valence electrons. The van der Waals surface area contributed by atoms with E-state index in [0.29, 0.717) is 0 Å². The van der Waals surface area contributed by atoms with Crippen LogP contribution < -0.4 is 22.6 Å². The van der Waals surface area contributed by atoms with Crippen molar-refractivity contribution in [2.45, 2.75) is 34.6 Å². The molecule has 0 spiro atoms. The molecular weight excluding hydrogens is 272 g/mol. The number of nitrogens with one attached hydrogen (secondary N) is 2. The van der Waals surface area contributed by atoms with Crippen LogP contribution in [0.5, 0.6) is 0 Å². The van der Waals surface area contributed by atoms with E-state index in [2.05, 4.69) is 38.2 Å². The van der Waals surface area contributed by atoms with E-state index >= 15 is 0 Å². The Labute approximate surface area is 129 Å². The Morgan fingerprint density at radius 2 is 1.60 bits per heavy atom. The number of likely N-dealkylation sites (N-methyl/N-ethyl adjacent to an activating group) is 1.